The number of halogens is 1. The third-order valence-electron chi connectivity index (χ3n) is 1.32. The maximum absolute atomic E-state index is 5.16. The Morgan fingerprint density at radius 1 is 1.27 bits per heavy atom. The van der Waals surface area contributed by atoms with Crippen LogP contribution in [0.25, 0.3) is 0 Å². The van der Waals surface area contributed by atoms with Gasteiger partial charge in [-0.15, -0.1) is 22.6 Å². The van der Waals surface area contributed by atoms with Gasteiger partial charge in [-0.1, -0.05) is 12.1 Å². The van der Waals surface area contributed by atoms with Crippen LogP contribution in [-0.4, -0.2) is 6.73 Å². The van der Waals surface area contributed by atoms with Crippen molar-refractivity contribution in [1.29, 1.82) is 0 Å². The summed E-state index contributed by atoms with van der Waals surface area (Å²) in [6.07, 6.45) is 0. The highest BCUT2D eigenvalue weighted by Crippen LogP contribution is 2.29. The molecule has 4 heteroatoms. The molecule has 0 aromatic heterocycles. The molecule has 0 bridgehead atoms. The Labute approximate surface area is 70.5 Å². The summed E-state index contributed by atoms with van der Waals surface area (Å²) in [5, 5.41) is 7.61. The summed E-state index contributed by atoms with van der Waals surface area (Å²) in [5.41, 5.74) is 0.814. The van der Waals surface area contributed by atoms with Gasteiger partial charge in [0, 0.05) is 0 Å². The van der Waals surface area contributed by atoms with Crippen molar-refractivity contribution < 1.29 is 4.74 Å². The minimum absolute atomic E-state index is 0. The van der Waals surface area contributed by atoms with Gasteiger partial charge < -0.3 is 4.74 Å². The molecule has 3 nitrogen and oxygen atoms in total. The van der Waals surface area contributed by atoms with Crippen LogP contribution in [-0.2, 0) is 0 Å². The highest BCUT2D eigenvalue weighted by atomic mass is 35.5. The van der Waals surface area contributed by atoms with Gasteiger partial charge in [0.1, 0.15) is 11.4 Å². The van der Waals surface area contributed by atoms with E-state index < -0.39 is 0 Å². The molecule has 0 atom stereocenters. The number of azo groups is 1. The zero-order chi connectivity index (χ0) is 6.81. The quantitative estimate of drug-likeness (QED) is 0.589. The number of para-hydroxylation sites is 1. The molecule has 11 heavy (non-hydrogen) atoms. The van der Waals surface area contributed by atoms with Gasteiger partial charge in [0.2, 0.25) is 0 Å². The molecule has 0 fully saturated rings. The Bertz CT molecular complexity index is 275. The van der Waals surface area contributed by atoms with Crippen LogP contribution >= 0.6 is 12.4 Å². The Hall–Kier alpha value is -1.09. The molecular weight excluding hydrogens is 164 g/mol. The largest absolute Gasteiger partial charge is 0.467 e. The lowest BCUT2D eigenvalue weighted by Crippen LogP contribution is -1.96. The van der Waals surface area contributed by atoms with E-state index in [4.69, 9.17) is 4.74 Å². The first kappa shape index (κ1) is 8.01. The zero-order valence-electron chi connectivity index (χ0n) is 5.73. The molecule has 0 unspecified atom stereocenters. The number of hydrogen-bond acceptors (Lipinski definition) is 3. The van der Waals surface area contributed by atoms with Gasteiger partial charge in [0.05, 0.1) is 0 Å². The molecule has 1 aromatic carbocycles. The fourth-order valence-corrected chi connectivity index (χ4v) is 0.865. The zero-order valence-corrected chi connectivity index (χ0v) is 6.54. The van der Waals surface area contributed by atoms with Gasteiger partial charge in [-0.25, -0.2) is 0 Å². The Morgan fingerprint density at radius 3 is 2.91 bits per heavy atom. The Kier molecular flexibility index (Phi) is 2.44. The van der Waals surface area contributed by atoms with E-state index in [0.717, 1.165) is 11.4 Å². The maximum atomic E-state index is 5.16. The first-order valence-electron chi connectivity index (χ1n) is 3.06. The van der Waals surface area contributed by atoms with Crippen molar-refractivity contribution in [3.8, 4) is 5.75 Å². The summed E-state index contributed by atoms with van der Waals surface area (Å²) in [6.45, 7) is 0.344. The molecule has 0 amide bonds. The molecule has 0 saturated carbocycles. The van der Waals surface area contributed by atoms with E-state index in [1.165, 1.54) is 0 Å². The molecule has 1 aromatic rings. The number of nitrogens with zero attached hydrogens (tertiary/aromatic N) is 2. The van der Waals surface area contributed by atoms with Crippen LogP contribution in [0, 0.1) is 0 Å². The minimum Gasteiger partial charge on any atom is -0.467 e. The molecular formula is C7H7ClN2O. The molecule has 0 radical (unpaired) electrons. The van der Waals surface area contributed by atoms with Crippen molar-refractivity contribution in [1.82, 2.24) is 0 Å². The SMILES string of the molecule is Cl.c1ccc2c(c1)N=NCO2. The average Bonchev–Trinajstić information content (AvgIpc) is 2.05. The summed E-state index contributed by atoms with van der Waals surface area (Å²) in [5.74, 6) is 0.817. The van der Waals surface area contributed by atoms with E-state index in [2.05, 4.69) is 10.2 Å². The lowest BCUT2D eigenvalue weighted by atomic mass is 10.3. The van der Waals surface area contributed by atoms with E-state index in [1.54, 1.807) is 0 Å². The van der Waals surface area contributed by atoms with Gasteiger partial charge in [-0.2, -0.15) is 0 Å². The lowest BCUT2D eigenvalue weighted by molar-refractivity contribution is 0.313. The standard InChI is InChI=1S/C7H6N2O.ClH/c1-2-4-7-6(3-1)9-8-5-10-7;/h1-4H,5H2;1H. The van der Waals surface area contributed by atoms with E-state index in [1.807, 2.05) is 24.3 Å². The van der Waals surface area contributed by atoms with Gasteiger partial charge >= 0.3 is 0 Å². The van der Waals surface area contributed by atoms with Crippen LogP contribution in [0.2, 0.25) is 0 Å². The molecule has 1 heterocycles. The smallest absolute Gasteiger partial charge is 0.199 e. The molecule has 0 N–H and O–H groups in total. The summed E-state index contributed by atoms with van der Waals surface area (Å²) in [7, 11) is 0. The number of rotatable bonds is 0. The number of ether oxygens (including phenoxy) is 1. The lowest BCUT2D eigenvalue weighted by Gasteiger charge is -2.08. The predicted molar refractivity (Wildman–Crippen MR) is 43.7 cm³/mol. The molecule has 2 rings (SSSR count). The van der Waals surface area contributed by atoms with Crippen LogP contribution in [0.4, 0.5) is 5.69 Å². The second kappa shape index (κ2) is 3.34. The van der Waals surface area contributed by atoms with Crippen molar-refractivity contribution in [2.75, 3.05) is 6.73 Å². The Balaban J connectivity index is 0.000000605. The predicted octanol–water partition coefficient (Wildman–Crippen LogP) is 2.54. The van der Waals surface area contributed by atoms with Crippen LogP contribution in [0.1, 0.15) is 0 Å². The first-order valence-corrected chi connectivity index (χ1v) is 3.06. The monoisotopic (exact) mass is 170 g/mol. The van der Waals surface area contributed by atoms with Crippen LogP contribution in [0.3, 0.4) is 0 Å². The molecule has 1 aliphatic rings. The molecule has 0 spiro atoms. The van der Waals surface area contributed by atoms with Crippen LogP contribution in [0.15, 0.2) is 34.5 Å². The van der Waals surface area contributed by atoms with E-state index in [-0.39, 0.29) is 12.4 Å². The molecule has 0 aliphatic carbocycles. The van der Waals surface area contributed by atoms with Gasteiger partial charge in [-0.05, 0) is 12.1 Å². The summed E-state index contributed by atoms with van der Waals surface area (Å²) >= 11 is 0. The topological polar surface area (TPSA) is 34.0 Å². The number of fused-ring (bicyclic) bond motifs is 1. The molecule has 0 saturated heterocycles. The van der Waals surface area contributed by atoms with E-state index >= 15 is 0 Å². The first-order chi connectivity index (χ1) is 4.97. The number of hydrogen-bond donors (Lipinski definition) is 0. The Morgan fingerprint density at radius 2 is 2.09 bits per heavy atom. The van der Waals surface area contributed by atoms with Crippen molar-refractivity contribution in [3.05, 3.63) is 24.3 Å². The normalized spacial score (nSPS) is 12.7. The van der Waals surface area contributed by atoms with Crippen molar-refractivity contribution >= 4 is 18.1 Å². The summed E-state index contributed by atoms with van der Waals surface area (Å²) in [4.78, 5) is 0. The fourth-order valence-electron chi connectivity index (χ4n) is 0.865. The number of benzene rings is 1. The van der Waals surface area contributed by atoms with Gasteiger partial charge in [0.15, 0.2) is 6.73 Å². The third kappa shape index (κ3) is 1.49. The van der Waals surface area contributed by atoms with Crippen LogP contribution in [0.5, 0.6) is 5.75 Å². The second-order valence-corrected chi connectivity index (χ2v) is 1.98. The molecule has 1 aliphatic heterocycles. The average molecular weight is 171 g/mol. The van der Waals surface area contributed by atoms with Gasteiger partial charge in [0.25, 0.3) is 0 Å². The van der Waals surface area contributed by atoms with Gasteiger partial charge in [-0.3, -0.25) is 0 Å². The highest BCUT2D eigenvalue weighted by Gasteiger charge is 2.03. The highest BCUT2D eigenvalue weighted by molar-refractivity contribution is 5.85. The molecule has 58 valence electrons. The van der Waals surface area contributed by atoms with Crippen molar-refractivity contribution in [2.45, 2.75) is 0 Å². The third-order valence-corrected chi connectivity index (χ3v) is 1.32. The van der Waals surface area contributed by atoms with Crippen LogP contribution < -0.4 is 4.74 Å². The summed E-state index contributed by atoms with van der Waals surface area (Å²) in [6, 6.07) is 7.58. The maximum Gasteiger partial charge on any atom is 0.199 e. The van der Waals surface area contributed by atoms with Crippen molar-refractivity contribution in [2.24, 2.45) is 10.2 Å². The van der Waals surface area contributed by atoms with Crippen molar-refractivity contribution in [3.63, 3.8) is 0 Å². The van der Waals surface area contributed by atoms with E-state index in [0.29, 0.717) is 6.73 Å². The summed E-state index contributed by atoms with van der Waals surface area (Å²) < 4.78 is 5.16. The fraction of sp³-hybridized carbons (Fsp3) is 0.143. The van der Waals surface area contributed by atoms with E-state index in [9.17, 15) is 0 Å². The second-order valence-electron chi connectivity index (χ2n) is 1.98. The minimum atomic E-state index is 0.